The van der Waals surface area contributed by atoms with Crippen molar-refractivity contribution in [2.24, 2.45) is 0 Å². The van der Waals surface area contributed by atoms with E-state index in [2.05, 4.69) is 10.3 Å². The van der Waals surface area contributed by atoms with Gasteiger partial charge >= 0.3 is 0 Å². The van der Waals surface area contributed by atoms with Gasteiger partial charge in [0.05, 0.1) is 4.92 Å². The molecule has 0 atom stereocenters. The average Bonchev–Trinajstić information content (AvgIpc) is 2.48. The molecule has 2 aromatic rings. The van der Waals surface area contributed by atoms with Crippen molar-refractivity contribution in [3.05, 3.63) is 69.5 Å². The van der Waals surface area contributed by atoms with Gasteiger partial charge in [0.25, 0.3) is 5.69 Å². The van der Waals surface area contributed by atoms with Gasteiger partial charge in [-0.25, -0.2) is 4.98 Å². The van der Waals surface area contributed by atoms with E-state index >= 15 is 0 Å². The number of nitriles is 1. The van der Waals surface area contributed by atoms with Crippen LogP contribution in [0.15, 0.2) is 42.6 Å². The van der Waals surface area contributed by atoms with Crippen molar-refractivity contribution < 1.29 is 4.92 Å². The molecule has 6 nitrogen and oxygen atoms in total. The normalized spacial score (nSPS) is 9.95. The van der Waals surface area contributed by atoms with Crippen molar-refractivity contribution in [1.82, 2.24) is 10.3 Å². The quantitative estimate of drug-likeness (QED) is 0.662. The summed E-state index contributed by atoms with van der Waals surface area (Å²) >= 11 is 0. The zero-order valence-corrected chi connectivity index (χ0v) is 10.6. The first-order valence-electron chi connectivity index (χ1n) is 5.98. The molecule has 20 heavy (non-hydrogen) atoms. The van der Waals surface area contributed by atoms with Crippen molar-refractivity contribution in [2.75, 3.05) is 0 Å². The Morgan fingerprint density at radius 1 is 1.20 bits per heavy atom. The maximum absolute atomic E-state index is 10.5. The Bertz CT molecular complexity index is 647. The zero-order valence-electron chi connectivity index (χ0n) is 10.6. The summed E-state index contributed by atoms with van der Waals surface area (Å²) < 4.78 is 0. The number of aromatic nitrogens is 1. The van der Waals surface area contributed by atoms with Crippen LogP contribution >= 0.6 is 0 Å². The Labute approximate surface area is 115 Å². The van der Waals surface area contributed by atoms with Crippen molar-refractivity contribution in [1.29, 1.82) is 5.26 Å². The van der Waals surface area contributed by atoms with Crippen molar-refractivity contribution in [3.8, 4) is 6.07 Å². The molecule has 0 saturated carbocycles. The van der Waals surface area contributed by atoms with Crippen molar-refractivity contribution in [3.63, 3.8) is 0 Å². The Kier molecular flexibility index (Phi) is 4.37. The molecular weight excluding hydrogens is 256 g/mol. The molecule has 1 aromatic heterocycles. The monoisotopic (exact) mass is 268 g/mol. The number of rotatable bonds is 5. The summed E-state index contributed by atoms with van der Waals surface area (Å²) in [5.74, 6) is 0. The summed E-state index contributed by atoms with van der Waals surface area (Å²) in [4.78, 5) is 14.0. The second kappa shape index (κ2) is 6.41. The highest BCUT2D eigenvalue weighted by atomic mass is 16.6. The number of hydrogen-bond donors (Lipinski definition) is 1. The van der Waals surface area contributed by atoms with E-state index in [1.165, 1.54) is 12.1 Å². The molecule has 1 aromatic carbocycles. The topological polar surface area (TPSA) is 91.8 Å². The highest BCUT2D eigenvalue weighted by molar-refractivity contribution is 5.32. The maximum Gasteiger partial charge on any atom is 0.269 e. The predicted octanol–water partition coefficient (Wildman–Crippen LogP) is 2.15. The summed E-state index contributed by atoms with van der Waals surface area (Å²) in [5, 5.41) is 22.5. The Balaban J connectivity index is 1.89. The van der Waals surface area contributed by atoms with E-state index in [-0.39, 0.29) is 5.69 Å². The highest BCUT2D eigenvalue weighted by Crippen LogP contribution is 2.11. The minimum Gasteiger partial charge on any atom is -0.309 e. The lowest BCUT2D eigenvalue weighted by molar-refractivity contribution is -0.384. The van der Waals surface area contributed by atoms with E-state index in [4.69, 9.17) is 5.26 Å². The minimum atomic E-state index is -0.419. The van der Waals surface area contributed by atoms with E-state index in [1.807, 2.05) is 12.1 Å². The lowest BCUT2D eigenvalue weighted by Gasteiger charge is -2.05. The second-order valence-electron chi connectivity index (χ2n) is 4.19. The van der Waals surface area contributed by atoms with Crippen LogP contribution in [-0.4, -0.2) is 9.91 Å². The summed E-state index contributed by atoms with van der Waals surface area (Å²) in [6.07, 6.45) is 1.60. The Morgan fingerprint density at radius 2 is 1.90 bits per heavy atom. The van der Waals surface area contributed by atoms with E-state index in [1.54, 1.807) is 24.4 Å². The van der Waals surface area contributed by atoms with Gasteiger partial charge in [-0.1, -0.05) is 12.1 Å². The van der Waals surface area contributed by atoms with Crippen LogP contribution in [0, 0.1) is 21.4 Å². The molecule has 0 aliphatic rings. The van der Waals surface area contributed by atoms with E-state index in [0.29, 0.717) is 18.8 Å². The number of nitro groups is 1. The molecule has 0 aliphatic carbocycles. The lowest BCUT2D eigenvalue weighted by Crippen LogP contribution is -2.12. The fraction of sp³-hybridized carbons (Fsp3) is 0.143. The minimum absolute atomic E-state index is 0.0848. The summed E-state index contributed by atoms with van der Waals surface area (Å²) in [5.41, 5.74) is 2.41. The van der Waals surface area contributed by atoms with Gasteiger partial charge in [0.2, 0.25) is 0 Å². The molecular formula is C14H12N4O2. The highest BCUT2D eigenvalue weighted by Gasteiger charge is 2.03. The molecule has 0 amide bonds. The second-order valence-corrected chi connectivity index (χ2v) is 4.19. The van der Waals surface area contributed by atoms with Gasteiger partial charge in [0, 0.05) is 31.4 Å². The molecule has 0 bridgehead atoms. The van der Waals surface area contributed by atoms with Crippen LogP contribution < -0.4 is 5.32 Å². The molecule has 1 N–H and O–H groups in total. The lowest BCUT2D eigenvalue weighted by atomic mass is 10.2. The number of benzene rings is 1. The number of hydrogen-bond acceptors (Lipinski definition) is 5. The van der Waals surface area contributed by atoms with Gasteiger partial charge in [-0.3, -0.25) is 10.1 Å². The van der Waals surface area contributed by atoms with Gasteiger partial charge in [-0.15, -0.1) is 0 Å². The molecule has 2 rings (SSSR count). The fourth-order valence-electron chi connectivity index (χ4n) is 1.73. The van der Waals surface area contributed by atoms with Crippen molar-refractivity contribution in [2.45, 2.75) is 13.1 Å². The van der Waals surface area contributed by atoms with Crippen LogP contribution in [0.1, 0.15) is 16.8 Å². The Morgan fingerprint density at radius 3 is 2.55 bits per heavy atom. The third-order valence-corrected chi connectivity index (χ3v) is 2.74. The number of nitrogens with one attached hydrogen (secondary N) is 1. The first-order chi connectivity index (χ1) is 9.69. The third kappa shape index (κ3) is 3.60. The number of non-ortho nitro benzene ring substituents is 1. The van der Waals surface area contributed by atoms with Crippen LogP contribution in [0.2, 0.25) is 0 Å². The first kappa shape index (κ1) is 13.6. The molecule has 0 spiro atoms. The average molecular weight is 268 g/mol. The molecule has 0 saturated heterocycles. The molecule has 0 radical (unpaired) electrons. The van der Waals surface area contributed by atoms with Crippen LogP contribution in [0.3, 0.4) is 0 Å². The van der Waals surface area contributed by atoms with Gasteiger partial charge < -0.3 is 5.32 Å². The first-order valence-corrected chi connectivity index (χ1v) is 5.98. The van der Waals surface area contributed by atoms with Gasteiger partial charge in [-0.2, -0.15) is 5.26 Å². The summed E-state index contributed by atoms with van der Waals surface area (Å²) in [6.45, 7) is 1.20. The van der Waals surface area contributed by atoms with Crippen LogP contribution in [0.25, 0.3) is 0 Å². The van der Waals surface area contributed by atoms with E-state index < -0.39 is 4.92 Å². The number of nitro benzene ring substituents is 1. The SMILES string of the molecule is N#Cc1cc(CNCc2ccc([N+](=O)[O-])cc2)ccn1. The maximum atomic E-state index is 10.5. The van der Waals surface area contributed by atoms with Crippen molar-refractivity contribution >= 4 is 5.69 Å². The Hall–Kier alpha value is -2.78. The molecule has 0 aliphatic heterocycles. The largest absolute Gasteiger partial charge is 0.309 e. The number of pyridine rings is 1. The summed E-state index contributed by atoms with van der Waals surface area (Å²) in [7, 11) is 0. The molecule has 1 heterocycles. The predicted molar refractivity (Wildman–Crippen MR) is 72.6 cm³/mol. The fourth-order valence-corrected chi connectivity index (χ4v) is 1.73. The molecule has 0 unspecified atom stereocenters. The third-order valence-electron chi connectivity index (χ3n) is 2.74. The summed E-state index contributed by atoms with van der Waals surface area (Å²) in [6, 6.07) is 12.0. The van der Waals surface area contributed by atoms with Crippen LogP contribution in [0.4, 0.5) is 5.69 Å². The number of nitrogens with zero attached hydrogens (tertiary/aromatic N) is 3. The van der Waals surface area contributed by atoms with Gasteiger partial charge in [-0.05, 0) is 23.3 Å². The van der Waals surface area contributed by atoms with E-state index in [0.717, 1.165) is 11.1 Å². The smallest absolute Gasteiger partial charge is 0.269 e. The van der Waals surface area contributed by atoms with Crippen LogP contribution in [-0.2, 0) is 13.1 Å². The molecule has 0 fully saturated rings. The van der Waals surface area contributed by atoms with Crippen LogP contribution in [0.5, 0.6) is 0 Å². The standard InChI is InChI=1S/C14H12N4O2/c15-8-13-7-12(5-6-17-13)10-16-9-11-1-3-14(4-2-11)18(19)20/h1-7,16H,9-10H2. The van der Waals surface area contributed by atoms with E-state index in [9.17, 15) is 10.1 Å². The molecule has 100 valence electrons. The van der Waals surface area contributed by atoms with Gasteiger partial charge in [0.1, 0.15) is 11.8 Å². The zero-order chi connectivity index (χ0) is 14.4. The molecule has 6 heteroatoms. The van der Waals surface area contributed by atoms with Gasteiger partial charge in [0.15, 0.2) is 0 Å².